The fourth-order valence-corrected chi connectivity index (χ4v) is 6.23. The lowest BCUT2D eigenvalue weighted by atomic mass is 9.90. The third-order valence-corrected chi connectivity index (χ3v) is 8.54. The second-order valence-corrected chi connectivity index (χ2v) is 10.6. The van der Waals surface area contributed by atoms with Gasteiger partial charge in [-0.05, 0) is 62.5 Å². The minimum atomic E-state index is 0.0871. The first-order chi connectivity index (χ1) is 18.2. The molecule has 2 fully saturated rings. The molecule has 0 radical (unpaired) electrons. The van der Waals surface area contributed by atoms with Crippen molar-refractivity contribution in [3.63, 3.8) is 0 Å². The summed E-state index contributed by atoms with van der Waals surface area (Å²) in [7, 11) is 0. The fraction of sp³-hybridized carbons (Fsp3) is 0.429. The molecule has 0 bridgehead atoms. The summed E-state index contributed by atoms with van der Waals surface area (Å²) in [5, 5.41) is 23.6. The fourth-order valence-electron chi connectivity index (χ4n) is 6.23. The van der Waals surface area contributed by atoms with Gasteiger partial charge >= 0.3 is 0 Å². The van der Waals surface area contributed by atoms with Gasteiger partial charge in [0.1, 0.15) is 5.75 Å². The summed E-state index contributed by atoms with van der Waals surface area (Å²) in [4.78, 5) is 18.1. The van der Waals surface area contributed by atoms with E-state index in [-0.39, 0.29) is 11.8 Å². The first-order valence-electron chi connectivity index (χ1n) is 13.4. The first kappa shape index (κ1) is 22.6. The zero-order chi connectivity index (χ0) is 24.9. The standard InChI is InChI=1S/C28H32N8O/c1-17-26-22-12-24(21-4-2-3-5-25(21)37)33-34-27(22)32-23(26)8-11-36(17)28-30-13-19(14-31-28)18-6-9-35(10-7-18)20-15-29-16-20/h2-5,12-14,17-18,20,29,37H,6-11,15-16H2,1H3,(H,32,34)/t17-/m1/s1. The molecule has 6 heterocycles. The number of hydrogen-bond donors (Lipinski definition) is 3. The maximum atomic E-state index is 10.3. The number of aromatic hydroxyl groups is 1. The number of phenolic OH excluding ortho intramolecular Hbond substituents is 1. The number of benzene rings is 1. The van der Waals surface area contributed by atoms with Crippen molar-refractivity contribution in [3.05, 3.63) is 59.5 Å². The van der Waals surface area contributed by atoms with E-state index >= 15 is 0 Å². The SMILES string of the molecule is C[C@@H]1c2c([nH]c3nnc(-c4ccccc4O)cc23)CCN1c1ncc(C2CCN(C3CNC3)CC2)cn1. The quantitative estimate of drug-likeness (QED) is 0.395. The predicted octanol–water partition coefficient (Wildman–Crippen LogP) is 3.40. The van der Waals surface area contributed by atoms with E-state index < -0.39 is 0 Å². The van der Waals surface area contributed by atoms with Crippen molar-refractivity contribution < 1.29 is 5.11 Å². The Balaban J connectivity index is 1.12. The van der Waals surface area contributed by atoms with Gasteiger partial charge in [-0.3, -0.25) is 4.90 Å². The van der Waals surface area contributed by atoms with Gasteiger partial charge in [-0.15, -0.1) is 10.2 Å². The number of nitrogens with zero attached hydrogens (tertiary/aromatic N) is 6. The van der Waals surface area contributed by atoms with Crippen LogP contribution in [0.5, 0.6) is 5.75 Å². The van der Waals surface area contributed by atoms with Crippen LogP contribution in [0.15, 0.2) is 42.7 Å². The number of aromatic nitrogens is 5. The Morgan fingerprint density at radius 3 is 2.51 bits per heavy atom. The molecule has 1 aromatic carbocycles. The monoisotopic (exact) mass is 496 g/mol. The van der Waals surface area contributed by atoms with Crippen molar-refractivity contribution >= 4 is 17.0 Å². The van der Waals surface area contributed by atoms with Gasteiger partial charge in [0, 0.05) is 66.7 Å². The molecule has 0 aliphatic carbocycles. The van der Waals surface area contributed by atoms with Gasteiger partial charge in [0.2, 0.25) is 5.95 Å². The Kier molecular flexibility index (Phi) is 5.55. The molecule has 0 amide bonds. The summed E-state index contributed by atoms with van der Waals surface area (Å²) in [6.07, 6.45) is 7.32. The first-order valence-corrected chi connectivity index (χ1v) is 13.4. The summed E-state index contributed by atoms with van der Waals surface area (Å²) in [5.74, 6) is 1.52. The minimum absolute atomic E-state index is 0.0871. The van der Waals surface area contributed by atoms with Crippen LogP contribution in [0.25, 0.3) is 22.3 Å². The van der Waals surface area contributed by atoms with Crippen LogP contribution in [-0.2, 0) is 6.42 Å². The third-order valence-electron chi connectivity index (χ3n) is 8.54. The Labute approximate surface area is 216 Å². The molecule has 2 saturated heterocycles. The van der Waals surface area contributed by atoms with Gasteiger partial charge in [-0.2, -0.15) is 0 Å². The van der Waals surface area contributed by atoms with Crippen LogP contribution in [0.3, 0.4) is 0 Å². The van der Waals surface area contributed by atoms with Crippen molar-refractivity contribution in [2.45, 2.75) is 44.2 Å². The second-order valence-electron chi connectivity index (χ2n) is 10.6. The van der Waals surface area contributed by atoms with Gasteiger partial charge < -0.3 is 20.3 Å². The van der Waals surface area contributed by atoms with Gasteiger partial charge in [0.05, 0.1) is 11.7 Å². The van der Waals surface area contributed by atoms with Gasteiger partial charge in [-0.25, -0.2) is 9.97 Å². The number of phenols is 1. The number of fused-ring (bicyclic) bond motifs is 3. The van der Waals surface area contributed by atoms with Gasteiger partial charge in [-0.1, -0.05) is 12.1 Å². The number of aromatic amines is 1. The summed E-state index contributed by atoms with van der Waals surface area (Å²) in [6.45, 7) is 7.64. The lowest BCUT2D eigenvalue weighted by Gasteiger charge is -2.42. The zero-order valence-corrected chi connectivity index (χ0v) is 21.1. The Morgan fingerprint density at radius 1 is 1.00 bits per heavy atom. The average Bonchev–Trinajstić information content (AvgIpc) is 3.28. The molecule has 9 nitrogen and oxygen atoms in total. The van der Waals surface area contributed by atoms with Crippen LogP contribution in [0, 0.1) is 0 Å². The lowest BCUT2D eigenvalue weighted by Crippen LogP contribution is -2.58. The molecule has 4 aromatic rings. The van der Waals surface area contributed by atoms with Gasteiger partial charge in [0.15, 0.2) is 5.65 Å². The van der Waals surface area contributed by atoms with E-state index in [0.717, 1.165) is 62.2 Å². The van der Waals surface area contributed by atoms with Crippen LogP contribution in [0.2, 0.25) is 0 Å². The van der Waals surface area contributed by atoms with E-state index in [0.29, 0.717) is 17.2 Å². The van der Waals surface area contributed by atoms with Crippen LogP contribution in [-0.4, -0.2) is 73.9 Å². The van der Waals surface area contributed by atoms with Gasteiger partial charge in [0.25, 0.3) is 0 Å². The van der Waals surface area contributed by atoms with Crippen molar-refractivity contribution in [3.8, 4) is 17.0 Å². The number of rotatable bonds is 4. The molecule has 0 unspecified atom stereocenters. The number of piperidine rings is 1. The predicted molar refractivity (Wildman–Crippen MR) is 143 cm³/mol. The lowest BCUT2D eigenvalue weighted by molar-refractivity contribution is 0.113. The van der Waals surface area contributed by atoms with Crippen molar-refractivity contribution in [1.82, 2.24) is 35.4 Å². The molecule has 0 saturated carbocycles. The highest BCUT2D eigenvalue weighted by molar-refractivity contribution is 5.86. The molecule has 37 heavy (non-hydrogen) atoms. The smallest absolute Gasteiger partial charge is 0.225 e. The number of hydrogen-bond acceptors (Lipinski definition) is 8. The molecular weight excluding hydrogens is 464 g/mol. The molecule has 3 aliphatic heterocycles. The van der Waals surface area contributed by atoms with E-state index in [1.165, 1.54) is 29.7 Å². The largest absolute Gasteiger partial charge is 0.507 e. The number of anilines is 1. The Hall–Kier alpha value is -3.56. The number of likely N-dealkylation sites (tertiary alicyclic amines) is 1. The third kappa shape index (κ3) is 3.93. The molecule has 3 aromatic heterocycles. The molecule has 0 spiro atoms. The normalized spacial score (nSPS) is 21.2. The number of nitrogens with one attached hydrogen (secondary N) is 2. The van der Waals surface area contributed by atoms with Crippen LogP contribution in [0.1, 0.15) is 48.5 Å². The molecule has 3 N–H and O–H groups in total. The maximum absolute atomic E-state index is 10.3. The van der Waals surface area contributed by atoms with E-state index in [1.54, 1.807) is 6.07 Å². The second kappa shape index (κ2) is 9.08. The highest BCUT2D eigenvalue weighted by Crippen LogP contribution is 2.38. The molecule has 7 rings (SSSR count). The summed E-state index contributed by atoms with van der Waals surface area (Å²) < 4.78 is 0. The number of H-pyrrole nitrogens is 1. The van der Waals surface area contributed by atoms with E-state index in [1.807, 2.05) is 36.7 Å². The molecule has 190 valence electrons. The number of para-hydroxylation sites is 1. The van der Waals surface area contributed by atoms with E-state index in [9.17, 15) is 5.11 Å². The minimum Gasteiger partial charge on any atom is -0.507 e. The Morgan fingerprint density at radius 2 is 1.78 bits per heavy atom. The molecule has 3 aliphatic rings. The summed E-state index contributed by atoms with van der Waals surface area (Å²) >= 11 is 0. The highest BCUT2D eigenvalue weighted by Gasteiger charge is 2.31. The maximum Gasteiger partial charge on any atom is 0.225 e. The van der Waals surface area contributed by atoms with Crippen LogP contribution in [0.4, 0.5) is 5.95 Å². The van der Waals surface area contributed by atoms with Crippen molar-refractivity contribution in [2.75, 3.05) is 37.6 Å². The Bertz CT molecular complexity index is 1420. The van der Waals surface area contributed by atoms with Crippen LogP contribution >= 0.6 is 0 Å². The van der Waals surface area contributed by atoms with E-state index in [2.05, 4.69) is 37.2 Å². The van der Waals surface area contributed by atoms with Crippen LogP contribution < -0.4 is 10.2 Å². The van der Waals surface area contributed by atoms with Crippen molar-refractivity contribution in [1.29, 1.82) is 0 Å². The molecular formula is C28H32N8O. The molecule has 9 heteroatoms. The molecule has 1 atom stereocenters. The zero-order valence-electron chi connectivity index (χ0n) is 21.1. The van der Waals surface area contributed by atoms with Crippen molar-refractivity contribution in [2.24, 2.45) is 0 Å². The summed E-state index contributed by atoms with van der Waals surface area (Å²) in [5.41, 5.74) is 5.78. The summed E-state index contributed by atoms with van der Waals surface area (Å²) in [6, 6.07) is 10.1. The topological polar surface area (TPSA) is 106 Å². The van der Waals surface area contributed by atoms with E-state index in [4.69, 9.17) is 9.97 Å². The highest BCUT2D eigenvalue weighted by atomic mass is 16.3. The average molecular weight is 497 g/mol.